The third-order valence-corrected chi connectivity index (χ3v) is 9.64. The van der Waals surface area contributed by atoms with Crippen LogP contribution in [0, 0.1) is 11.6 Å². The SMILES string of the molecule is C[C@H](CNc1ccc(-c2c(F)cccc2F)cc1)O[Si](C)(C)C(C)(C)C. The van der Waals surface area contributed by atoms with Crippen molar-refractivity contribution >= 4 is 14.0 Å². The van der Waals surface area contributed by atoms with Gasteiger partial charge < -0.3 is 9.74 Å². The van der Waals surface area contributed by atoms with Gasteiger partial charge in [-0.05, 0) is 54.9 Å². The smallest absolute Gasteiger partial charge is 0.192 e. The topological polar surface area (TPSA) is 21.3 Å². The number of halogens is 2. The van der Waals surface area contributed by atoms with Crippen molar-refractivity contribution in [2.75, 3.05) is 11.9 Å². The molecule has 0 heterocycles. The number of rotatable bonds is 6. The molecule has 5 heteroatoms. The largest absolute Gasteiger partial charge is 0.412 e. The Balaban J connectivity index is 2.00. The summed E-state index contributed by atoms with van der Waals surface area (Å²) in [6, 6.07) is 11.0. The summed E-state index contributed by atoms with van der Waals surface area (Å²) in [5.41, 5.74) is 1.43. The van der Waals surface area contributed by atoms with E-state index in [1.165, 1.54) is 18.2 Å². The van der Waals surface area contributed by atoms with Crippen LogP contribution in [0.1, 0.15) is 27.7 Å². The van der Waals surface area contributed by atoms with Crippen LogP contribution in [-0.4, -0.2) is 21.0 Å². The fraction of sp³-hybridized carbons (Fsp3) is 0.429. The molecule has 0 amide bonds. The molecule has 2 nitrogen and oxygen atoms in total. The van der Waals surface area contributed by atoms with Crippen LogP contribution < -0.4 is 5.32 Å². The second-order valence-electron chi connectivity index (χ2n) is 8.24. The van der Waals surface area contributed by atoms with E-state index in [0.29, 0.717) is 12.1 Å². The zero-order chi connectivity index (χ0) is 19.5. The maximum atomic E-state index is 13.9. The van der Waals surface area contributed by atoms with Gasteiger partial charge in [0.1, 0.15) is 11.6 Å². The van der Waals surface area contributed by atoms with E-state index >= 15 is 0 Å². The minimum atomic E-state index is -1.80. The maximum absolute atomic E-state index is 13.9. The van der Waals surface area contributed by atoms with Crippen LogP contribution in [0.5, 0.6) is 0 Å². The molecule has 0 aliphatic rings. The van der Waals surface area contributed by atoms with Gasteiger partial charge in [0.25, 0.3) is 0 Å². The third-order valence-electron chi connectivity index (χ3n) is 5.03. The number of hydrogen-bond acceptors (Lipinski definition) is 2. The van der Waals surface area contributed by atoms with E-state index in [9.17, 15) is 8.78 Å². The summed E-state index contributed by atoms with van der Waals surface area (Å²) in [5.74, 6) is -1.11. The Labute approximate surface area is 156 Å². The van der Waals surface area contributed by atoms with Gasteiger partial charge in [0.15, 0.2) is 8.32 Å². The Kier molecular flexibility index (Phi) is 6.24. The third kappa shape index (κ3) is 4.92. The van der Waals surface area contributed by atoms with Gasteiger partial charge in [-0.2, -0.15) is 0 Å². The van der Waals surface area contributed by atoms with Gasteiger partial charge in [-0.25, -0.2) is 8.78 Å². The van der Waals surface area contributed by atoms with Crippen LogP contribution in [0.4, 0.5) is 14.5 Å². The summed E-state index contributed by atoms with van der Waals surface area (Å²) in [6.45, 7) is 13.9. The van der Waals surface area contributed by atoms with E-state index in [4.69, 9.17) is 4.43 Å². The molecule has 0 spiro atoms. The lowest BCUT2D eigenvalue weighted by Gasteiger charge is -2.38. The molecule has 0 fully saturated rings. The van der Waals surface area contributed by atoms with Gasteiger partial charge in [-0.3, -0.25) is 0 Å². The van der Waals surface area contributed by atoms with Crippen LogP contribution in [0.15, 0.2) is 42.5 Å². The van der Waals surface area contributed by atoms with Gasteiger partial charge in [-0.15, -0.1) is 0 Å². The van der Waals surface area contributed by atoms with E-state index in [0.717, 1.165) is 5.69 Å². The summed E-state index contributed by atoms with van der Waals surface area (Å²) >= 11 is 0. The lowest BCUT2D eigenvalue weighted by Crippen LogP contribution is -2.44. The fourth-order valence-electron chi connectivity index (χ4n) is 2.51. The van der Waals surface area contributed by atoms with Crippen molar-refractivity contribution in [2.45, 2.75) is 51.9 Å². The summed E-state index contributed by atoms with van der Waals surface area (Å²) in [7, 11) is -1.80. The van der Waals surface area contributed by atoms with E-state index in [1.807, 2.05) is 12.1 Å². The molecule has 0 saturated heterocycles. The van der Waals surface area contributed by atoms with Gasteiger partial charge in [0.2, 0.25) is 0 Å². The Morgan fingerprint density at radius 3 is 2.04 bits per heavy atom. The first-order valence-corrected chi connectivity index (χ1v) is 11.9. The number of anilines is 1. The fourth-order valence-corrected chi connectivity index (χ4v) is 3.95. The molecule has 0 saturated carbocycles. The number of hydrogen-bond donors (Lipinski definition) is 1. The first kappa shape index (κ1) is 20.6. The highest BCUT2D eigenvalue weighted by Gasteiger charge is 2.38. The van der Waals surface area contributed by atoms with Crippen molar-refractivity contribution in [3.8, 4) is 11.1 Å². The second-order valence-corrected chi connectivity index (χ2v) is 13.0. The first-order chi connectivity index (χ1) is 12.0. The Hall–Kier alpha value is -1.72. The first-order valence-electron chi connectivity index (χ1n) is 8.97. The van der Waals surface area contributed by atoms with Gasteiger partial charge in [0, 0.05) is 12.2 Å². The highest BCUT2D eigenvalue weighted by atomic mass is 28.4. The molecule has 0 unspecified atom stereocenters. The monoisotopic (exact) mass is 377 g/mol. The lowest BCUT2D eigenvalue weighted by atomic mass is 10.0. The number of benzene rings is 2. The lowest BCUT2D eigenvalue weighted by molar-refractivity contribution is 0.211. The molecule has 26 heavy (non-hydrogen) atoms. The molecular weight excluding hydrogens is 348 g/mol. The van der Waals surface area contributed by atoms with E-state index in [2.05, 4.69) is 46.1 Å². The molecule has 0 radical (unpaired) electrons. The van der Waals surface area contributed by atoms with Gasteiger partial charge >= 0.3 is 0 Å². The normalized spacial score (nSPS) is 13.5. The van der Waals surface area contributed by atoms with Crippen LogP contribution in [-0.2, 0) is 4.43 Å². The van der Waals surface area contributed by atoms with E-state index < -0.39 is 20.0 Å². The maximum Gasteiger partial charge on any atom is 0.192 e. The van der Waals surface area contributed by atoms with Crippen LogP contribution in [0.2, 0.25) is 18.1 Å². The second kappa shape index (κ2) is 7.88. The molecule has 0 aliphatic heterocycles. The predicted octanol–water partition coefficient (Wildman–Crippen LogP) is 6.45. The quantitative estimate of drug-likeness (QED) is 0.584. The molecule has 0 bridgehead atoms. The van der Waals surface area contributed by atoms with Gasteiger partial charge in [0.05, 0.1) is 11.7 Å². The van der Waals surface area contributed by atoms with E-state index in [1.54, 1.807) is 12.1 Å². The van der Waals surface area contributed by atoms with Crippen molar-refractivity contribution in [2.24, 2.45) is 0 Å². The summed E-state index contributed by atoms with van der Waals surface area (Å²) in [4.78, 5) is 0. The molecule has 2 aromatic rings. The van der Waals surface area contributed by atoms with E-state index in [-0.39, 0.29) is 16.7 Å². The van der Waals surface area contributed by atoms with Crippen molar-refractivity contribution < 1.29 is 13.2 Å². The molecule has 0 aliphatic carbocycles. The molecule has 0 aromatic heterocycles. The summed E-state index contributed by atoms with van der Waals surface area (Å²) in [5, 5.41) is 3.51. The molecular formula is C21H29F2NOSi. The molecule has 2 rings (SSSR count). The van der Waals surface area contributed by atoms with Crippen molar-refractivity contribution in [1.82, 2.24) is 0 Å². The summed E-state index contributed by atoms with van der Waals surface area (Å²) in [6.07, 6.45) is 0.0829. The van der Waals surface area contributed by atoms with Crippen molar-refractivity contribution in [1.29, 1.82) is 0 Å². The predicted molar refractivity (Wildman–Crippen MR) is 108 cm³/mol. The Morgan fingerprint density at radius 2 is 1.54 bits per heavy atom. The molecule has 1 N–H and O–H groups in total. The Morgan fingerprint density at radius 1 is 1.00 bits per heavy atom. The standard InChI is InChI=1S/C21H29F2NOSi/c1-15(25-26(5,6)21(2,3)4)14-24-17-12-10-16(11-13-17)20-18(22)8-7-9-19(20)23/h7-13,15,24H,14H2,1-6H3/t15-/m1/s1. The minimum absolute atomic E-state index is 0.00804. The minimum Gasteiger partial charge on any atom is -0.412 e. The highest BCUT2D eigenvalue weighted by molar-refractivity contribution is 6.74. The average molecular weight is 378 g/mol. The molecule has 1 atom stereocenters. The molecule has 2 aromatic carbocycles. The highest BCUT2D eigenvalue weighted by Crippen LogP contribution is 2.37. The van der Waals surface area contributed by atoms with Crippen molar-refractivity contribution in [3.63, 3.8) is 0 Å². The van der Waals surface area contributed by atoms with Crippen LogP contribution in [0.3, 0.4) is 0 Å². The molecule has 142 valence electrons. The average Bonchev–Trinajstić information content (AvgIpc) is 2.52. The van der Waals surface area contributed by atoms with Crippen LogP contribution in [0.25, 0.3) is 11.1 Å². The van der Waals surface area contributed by atoms with Gasteiger partial charge in [-0.1, -0.05) is 39.0 Å². The van der Waals surface area contributed by atoms with Crippen molar-refractivity contribution in [3.05, 3.63) is 54.1 Å². The zero-order valence-electron chi connectivity index (χ0n) is 16.5. The zero-order valence-corrected chi connectivity index (χ0v) is 17.5. The van der Waals surface area contributed by atoms with Crippen LogP contribution >= 0.6 is 0 Å². The Bertz CT molecular complexity index is 718. The number of nitrogens with one attached hydrogen (secondary N) is 1. The summed E-state index contributed by atoms with van der Waals surface area (Å²) < 4.78 is 34.1.